The lowest BCUT2D eigenvalue weighted by molar-refractivity contribution is -0.0946. The Morgan fingerprint density at radius 2 is 1.93 bits per heavy atom. The van der Waals surface area contributed by atoms with Crippen LogP contribution in [0.5, 0.6) is 0 Å². The Balaban J connectivity index is 0.00000364. The van der Waals surface area contributed by atoms with Gasteiger partial charge < -0.3 is 19.9 Å². The third-order valence-electron chi connectivity index (χ3n) is 4.79. The summed E-state index contributed by atoms with van der Waals surface area (Å²) in [5.41, 5.74) is 0.975. The SMILES string of the molecule is CN=C(NCc1cc(C(C)C)no1)NCC(C)(C)N1CC(C)OC(C)C1.I. The maximum absolute atomic E-state index is 5.85. The second kappa shape index (κ2) is 10.6. The number of aliphatic imine (C=N–C) groups is 1. The van der Waals surface area contributed by atoms with Crippen molar-refractivity contribution in [1.29, 1.82) is 0 Å². The van der Waals surface area contributed by atoms with Crippen molar-refractivity contribution in [3.8, 4) is 0 Å². The van der Waals surface area contributed by atoms with Crippen molar-refractivity contribution in [2.45, 2.75) is 71.8 Å². The topological polar surface area (TPSA) is 74.9 Å². The number of guanidine groups is 1. The van der Waals surface area contributed by atoms with Crippen molar-refractivity contribution < 1.29 is 9.26 Å². The largest absolute Gasteiger partial charge is 0.373 e. The highest BCUT2D eigenvalue weighted by molar-refractivity contribution is 14.0. The molecule has 1 aliphatic heterocycles. The molecule has 2 heterocycles. The molecule has 8 heteroatoms. The number of hydrogen-bond acceptors (Lipinski definition) is 5. The molecule has 1 aliphatic rings. The van der Waals surface area contributed by atoms with E-state index in [1.807, 2.05) is 6.07 Å². The standard InChI is InChI=1S/C19H35N5O2.HI/c1-13(2)17-8-16(26-23-17)9-21-18(20-7)22-12-19(5,6)24-10-14(3)25-15(4)11-24;/h8,13-15H,9-12H2,1-7H3,(H2,20,21,22);1H. The quantitative estimate of drug-likeness (QED) is 0.361. The van der Waals surface area contributed by atoms with Gasteiger partial charge in [0.05, 0.1) is 24.4 Å². The van der Waals surface area contributed by atoms with Crippen molar-refractivity contribution in [3.05, 3.63) is 17.5 Å². The number of halogens is 1. The number of nitrogens with one attached hydrogen (secondary N) is 2. The van der Waals surface area contributed by atoms with Gasteiger partial charge in [0.15, 0.2) is 11.7 Å². The van der Waals surface area contributed by atoms with Gasteiger partial charge in [-0.2, -0.15) is 0 Å². The van der Waals surface area contributed by atoms with Gasteiger partial charge >= 0.3 is 0 Å². The van der Waals surface area contributed by atoms with E-state index in [1.165, 1.54) is 0 Å². The molecule has 0 spiro atoms. The highest BCUT2D eigenvalue weighted by Crippen LogP contribution is 2.20. The molecule has 0 radical (unpaired) electrons. The summed E-state index contributed by atoms with van der Waals surface area (Å²) in [7, 11) is 1.78. The van der Waals surface area contributed by atoms with Gasteiger partial charge in [0, 0.05) is 38.3 Å². The number of ether oxygens (including phenoxy) is 1. The molecule has 1 aromatic heterocycles. The van der Waals surface area contributed by atoms with E-state index in [0.29, 0.717) is 12.5 Å². The molecule has 156 valence electrons. The zero-order chi connectivity index (χ0) is 19.3. The van der Waals surface area contributed by atoms with Crippen molar-refractivity contribution in [1.82, 2.24) is 20.7 Å². The summed E-state index contributed by atoms with van der Waals surface area (Å²) in [6, 6.07) is 1.99. The van der Waals surface area contributed by atoms with E-state index in [-0.39, 0.29) is 41.7 Å². The number of morpholine rings is 1. The molecule has 1 aromatic rings. The predicted octanol–water partition coefficient (Wildman–Crippen LogP) is 2.97. The first-order valence-electron chi connectivity index (χ1n) is 9.51. The van der Waals surface area contributed by atoms with Crippen LogP contribution in [-0.4, -0.2) is 60.4 Å². The first-order chi connectivity index (χ1) is 12.2. The van der Waals surface area contributed by atoms with Crippen molar-refractivity contribution in [3.63, 3.8) is 0 Å². The van der Waals surface area contributed by atoms with Gasteiger partial charge in [-0.1, -0.05) is 19.0 Å². The minimum Gasteiger partial charge on any atom is -0.373 e. The van der Waals surface area contributed by atoms with Crippen molar-refractivity contribution >= 4 is 29.9 Å². The molecule has 2 atom stereocenters. The van der Waals surface area contributed by atoms with Crippen LogP contribution in [0.25, 0.3) is 0 Å². The molecule has 2 unspecified atom stereocenters. The molecule has 1 fully saturated rings. The predicted molar refractivity (Wildman–Crippen MR) is 120 cm³/mol. The molecule has 2 rings (SSSR count). The summed E-state index contributed by atoms with van der Waals surface area (Å²) in [4.78, 5) is 6.80. The zero-order valence-corrected chi connectivity index (χ0v) is 20.0. The molecule has 1 saturated heterocycles. The average molecular weight is 493 g/mol. The van der Waals surface area contributed by atoms with E-state index in [4.69, 9.17) is 9.26 Å². The molecule has 7 nitrogen and oxygen atoms in total. The van der Waals surface area contributed by atoms with Crippen LogP contribution in [0.3, 0.4) is 0 Å². The third-order valence-corrected chi connectivity index (χ3v) is 4.79. The maximum Gasteiger partial charge on any atom is 0.191 e. The Morgan fingerprint density at radius 1 is 1.30 bits per heavy atom. The van der Waals surface area contributed by atoms with E-state index in [1.54, 1.807) is 7.05 Å². The summed E-state index contributed by atoms with van der Waals surface area (Å²) in [6.45, 7) is 16.2. The lowest BCUT2D eigenvalue weighted by Crippen LogP contribution is -2.59. The van der Waals surface area contributed by atoms with Gasteiger partial charge in [-0.05, 0) is 33.6 Å². The van der Waals surface area contributed by atoms with Gasteiger partial charge in [0.25, 0.3) is 0 Å². The highest BCUT2D eigenvalue weighted by atomic mass is 127. The fourth-order valence-corrected chi connectivity index (χ4v) is 3.16. The van der Waals surface area contributed by atoms with Gasteiger partial charge in [0.2, 0.25) is 0 Å². The van der Waals surface area contributed by atoms with E-state index in [2.05, 4.69) is 67.2 Å². The van der Waals surface area contributed by atoms with Gasteiger partial charge in [-0.25, -0.2) is 0 Å². The summed E-state index contributed by atoms with van der Waals surface area (Å²) in [6.07, 6.45) is 0.522. The molecule has 0 aliphatic carbocycles. The molecule has 0 amide bonds. The smallest absolute Gasteiger partial charge is 0.191 e. The summed E-state index contributed by atoms with van der Waals surface area (Å²) < 4.78 is 11.2. The fourth-order valence-electron chi connectivity index (χ4n) is 3.16. The Morgan fingerprint density at radius 3 is 2.44 bits per heavy atom. The van der Waals surface area contributed by atoms with Crippen LogP contribution in [-0.2, 0) is 11.3 Å². The lowest BCUT2D eigenvalue weighted by Gasteiger charge is -2.45. The second-order valence-electron chi connectivity index (χ2n) is 8.13. The molecule has 2 N–H and O–H groups in total. The Bertz CT molecular complexity index is 593. The maximum atomic E-state index is 5.85. The summed E-state index contributed by atoms with van der Waals surface area (Å²) in [5.74, 6) is 1.94. The van der Waals surface area contributed by atoms with Crippen LogP contribution in [0.15, 0.2) is 15.6 Å². The van der Waals surface area contributed by atoms with Crippen LogP contribution in [0.2, 0.25) is 0 Å². The van der Waals surface area contributed by atoms with E-state index >= 15 is 0 Å². The number of hydrogen-bond donors (Lipinski definition) is 2. The monoisotopic (exact) mass is 493 g/mol. The summed E-state index contributed by atoms with van der Waals surface area (Å²) >= 11 is 0. The van der Waals surface area contributed by atoms with Gasteiger partial charge in [-0.15, -0.1) is 24.0 Å². The van der Waals surface area contributed by atoms with Crippen LogP contribution < -0.4 is 10.6 Å². The van der Waals surface area contributed by atoms with Crippen LogP contribution in [0, 0.1) is 0 Å². The van der Waals surface area contributed by atoms with Gasteiger partial charge in [0.1, 0.15) is 0 Å². The number of aromatic nitrogens is 1. The number of nitrogens with zero attached hydrogens (tertiary/aromatic N) is 3. The molecular weight excluding hydrogens is 457 g/mol. The van der Waals surface area contributed by atoms with E-state index in [0.717, 1.165) is 37.0 Å². The number of rotatable bonds is 6. The second-order valence-corrected chi connectivity index (χ2v) is 8.13. The molecule has 0 saturated carbocycles. The van der Waals surface area contributed by atoms with Crippen LogP contribution in [0.1, 0.15) is 58.9 Å². The molecule has 0 aromatic carbocycles. The van der Waals surface area contributed by atoms with E-state index < -0.39 is 0 Å². The summed E-state index contributed by atoms with van der Waals surface area (Å²) in [5, 5.41) is 10.8. The lowest BCUT2D eigenvalue weighted by atomic mass is 10.00. The van der Waals surface area contributed by atoms with Crippen molar-refractivity contribution in [2.75, 3.05) is 26.7 Å². The molecule has 27 heavy (non-hydrogen) atoms. The van der Waals surface area contributed by atoms with Gasteiger partial charge in [-0.3, -0.25) is 9.89 Å². The first-order valence-corrected chi connectivity index (χ1v) is 9.51. The van der Waals surface area contributed by atoms with E-state index in [9.17, 15) is 0 Å². The van der Waals surface area contributed by atoms with Crippen molar-refractivity contribution in [2.24, 2.45) is 4.99 Å². The molecule has 0 bridgehead atoms. The molecular formula is C19H36IN5O2. The zero-order valence-electron chi connectivity index (χ0n) is 17.7. The Hall–Kier alpha value is -0.870. The van der Waals surface area contributed by atoms with Crippen LogP contribution in [0.4, 0.5) is 0 Å². The third kappa shape index (κ3) is 7.23. The average Bonchev–Trinajstić information content (AvgIpc) is 3.03. The fraction of sp³-hybridized carbons (Fsp3) is 0.789. The minimum absolute atomic E-state index is 0. The Kier molecular flexibility index (Phi) is 9.50. The Labute approximate surface area is 180 Å². The minimum atomic E-state index is 0. The first kappa shape index (κ1) is 24.2. The normalized spacial score (nSPS) is 21.9. The highest BCUT2D eigenvalue weighted by Gasteiger charge is 2.33. The van der Waals surface area contributed by atoms with Crippen LogP contribution >= 0.6 is 24.0 Å².